The standard InChI is InChI=1S/C90H96N2O4/c93-85(95-83-67-87(59-73-37-15-5-16-38-73,60-74-39-17-6-18-40-74)91(71-81-53-31-13-32-54-81)88(68-83,61-75-41-19-7-20-42-75)62-76-43-21-8-22-44-76)57-35-3-1-2-4-36-58-86(94)96-84-69-89(63-77-45-23-9-24-46-77,64-78-47-25-10-26-48-78)92(72-82-55-33-14-34-56-82)90(70-84,65-79-49-27-11-28-50-79)66-80-51-29-12-30-52-80/h5-34,37-56,83-84H,1-4,35-36,57-72H2. The number of ether oxygens (including phenoxy) is 2. The molecule has 2 aliphatic rings. The third-order valence-electron chi connectivity index (χ3n) is 20.7. The molecule has 0 aliphatic carbocycles. The Kier molecular flexibility index (Phi) is 23.2. The first-order valence-electron chi connectivity index (χ1n) is 35.5. The van der Waals surface area contributed by atoms with E-state index in [1.165, 1.54) is 55.6 Å². The molecule has 0 saturated carbocycles. The molecule has 0 atom stereocenters. The lowest BCUT2D eigenvalue weighted by Gasteiger charge is -2.60. The molecule has 0 aromatic heterocycles. The minimum absolute atomic E-state index is 0.111. The smallest absolute Gasteiger partial charge is 0.306 e. The second-order valence-electron chi connectivity index (χ2n) is 28.0. The average molecular weight is 1270 g/mol. The minimum Gasteiger partial charge on any atom is -0.462 e. The Morgan fingerprint density at radius 1 is 0.250 bits per heavy atom. The summed E-state index contributed by atoms with van der Waals surface area (Å²) in [6.07, 6.45) is 14.7. The SMILES string of the molecule is O=C(CCCCCCCCC(=O)OC1CC(Cc2ccccc2)(Cc2ccccc2)N(Cc2ccccc2)C(Cc2ccccc2)(Cc2ccccc2)C1)OC1CC(Cc2ccccc2)(Cc2ccccc2)N(Cc2ccccc2)C(Cc2ccccc2)(Cc2ccccc2)C1. The first-order valence-corrected chi connectivity index (χ1v) is 35.5. The summed E-state index contributed by atoms with van der Waals surface area (Å²) >= 11 is 0. The number of nitrogens with zero attached hydrogens (tertiary/aromatic N) is 2. The second-order valence-corrected chi connectivity index (χ2v) is 28.0. The Bertz CT molecular complexity index is 3280. The largest absolute Gasteiger partial charge is 0.462 e. The predicted molar refractivity (Wildman–Crippen MR) is 391 cm³/mol. The van der Waals surface area contributed by atoms with Gasteiger partial charge in [0, 0.05) is 73.8 Å². The van der Waals surface area contributed by atoms with Gasteiger partial charge in [-0.1, -0.05) is 329 Å². The van der Waals surface area contributed by atoms with Gasteiger partial charge in [0.15, 0.2) is 0 Å². The molecule has 0 bridgehead atoms. The number of esters is 2. The monoisotopic (exact) mass is 1270 g/mol. The van der Waals surface area contributed by atoms with Crippen molar-refractivity contribution in [1.29, 1.82) is 0 Å². The van der Waals surface area contributed by atoms with Crippen LogP contribution in [0.15, 0.2) is 303 Å². The fourth-order valence-corrected chi connectivity index (χ4v) is 16.8. The lowest BCUT2D eigenvalue weighted by molar-refractivity contribution is -0.168. The number of likely N-dealkylation sites (tertiary alicyclic amines) is 2. The van der Waals surface area contributed by atoms with Crippen LogP contribution in [0.2, 0.25) is 0 Å². The number of hydrogen-bond donors (Lipinski definition) is 0. The topological polar surface area (TPSA) is 59.1 Å². The molecule has 0 amide bonds. The van der Waals surface area contributed by atoms with Crippen molar-refractivity contribution < 1.29 is 19.1 Å². The first-order chi connectivity index (χ1) is 47.2. The van der Waals surface area contributed by atoms with Gasteiger partial charge >= 0.3 is 11.9 Å². The maximum Gasteiger partial charge on any atom is 0.306 e. The summed E-state index contributed by atoms with van der Waals surface area (Å²) in [6, 6.07) is 110. The van der Waals surface area contributed by atoms with Crippen molar-refractivity contribution >= 4 is 11.9 Å². The molecular weight excluding hydrogens is 1170 g/mol. The Hall–Kier alpha value is -8.94. The Balaban J connectivity index is 0.742. The molecule has 0 N–H and O–H groups in total. The second kappa shape index (κ2) is 33.1. The van der Waals surface area contributed by atoms with E-state index in [1.807, 2.05) is 0 Å². The third-order valence-corrected chi connectivity index (χ3v) is 20.7. The molecule has 490 valence electrons. The molecule has 2 heterocycles. The summed E-state index contributed by atoms with van der Waals surface area (Å²) < 4.78 is 13.9. The molecule has 2 aliphatic heterocycles. The van der Waals surface area contributed by atoms with Crippen LogP contribution in [-0.2, 0) is 83.5 Å². The van der Waals surface area contributed by atoms with Crippen LogP contribution < -0.4 is 0 Å². The molecule has 96 heavy (non-hydrogen) atoms. The fraction of sp³-hybridized carbons (Fsp3) is 0.311. The highest BCUT2D eigenvalue weighted by Gasteiger charge is 2.57. The lowest BCUT2D eigenvalue weighted by Crippen LogP contribution is -2.69. The molecule has 0 radical (unpaired) electrons. The van der Waals surface area contributed by atoms with Crippen LogP contribution in [0.25, 0.3) is 0 Å². The van der Waals surface area contributed by atoms with Gasteiger partial charge in [0.05, 0.1) is 0 Å². The molecule has 6 heteroatoms. The van der Waals surface area contributed by atoms with Crippen molar-refractivity contribution in [2.24, 2.45) is 0 Å². The highest BCUT2D eigenvalue weighted by molar-refractivity contribution is 5.70. The summed E-state index contributed by atoms with van der Waals surface area (Å²) in [5.41, 5.74) is 11.1. The molecule has 10 aromatic carbocycles. The molecule has 0 unspecified atom stereocenters. The van der Waals surface area contributed by atoms with Gasteiger partial charge in [0.1, 0.15) is 12.2 Å². The number of unbranched alkanes of at least 4 members (excludes halogenated alkanes) is 5. The Morgan fingerprint density at radius 3 is 0.604 bits per heavy atom. The maximum atomic E-state index is 14.6. The van der Waals surface area contributed by atoms with Gasteiger partial charge in [-0.2, -0.15) is 0 Å². The van der Waals surface area contributed by atoms with Crippen molar-refractivity contribution in [1.82, 2.24) is 9.80 Å². The normalized spacial score (nSPS) is 16.1. The highest BCUT2D eigenvalue weighted by Crippen LogP contribution is 2.50. The number of rotatable bonds is 31. The molecular formula is C90H96N2O4. The third kappa shape index (κ3) is 18.1. The zero-order chi connectivity index (χ0) is 65.6. The van der Waals surface area contributed by atoms with Crippen molar-refractivity contribution in [3.63, 3.8) is 0 Å². The first kappa shape index (κ1) is 67.1. The summed E-state index contributed by atoms with van der Waals surface area (Å²) in [5.74, 6) is -0.222. The minimum atomic E-state index is -0.428. The van der Waals surface area contributed by atoms with Gasteiger partial charge in [0.25, 0.3) is 0 Å². The zero-order valence-electron chi connectivity index (χ0n) is 56.1. The van der Waals surface area contributed by atoms with Crippen LogP contribution in [0.3, 0.4) is 0 Å². The molecule has 10 aromatic rings. The van der Waals surface area contributed by atoms with Crippen molar-refractivity contribution in [2.75, 3.05) is 0 Å². The van der Waals surface area contributed by atoms with E-state index in [2.05, 4.69) is 313 Å². The van der Waals surface area contributed by atoms with Crippen LogP contribution in [0, 0.1) is 0 Å². The summed E-state index contributed by atoms with van der Waals surface area (Å²) in [6.45, 7) is 1.51. The van der Waals surface area contributed by atoms with Crippen LogP contribution in [0.4, 0.5) is 0 Å². The predicted octanol–water partition coefficient (Wildman–Crippen LogP) is 19.4. The molecule has 6 nitrogen and oxygen atoms in total. The van der Waals surface area contributed by atoms with Gasteiger partial charge in [-0.25, -0.2) is 0 Å². The Labute approximate surface area is 572 Å². The van der Waals surface area contributed by atoms with Gasteiger partial charge in [-0.15, -0.1) is 0 Å². The van der Waals surface area contributed by atoms with Gasteiger partial charge in [-0.05, 0) is 120 Å². The summed E-state index contributed by atoms with van der Waals surface area (Å²) in [5, 5.41) is 0. The average Bonchev–Trinajstić information content (AvgIpc) is 0.735. The van der Waals surface area contributed by atoms with Crippen LogP contribution >= 0.6 is 0 Å². The number of piperidine rings is 2. The van der Waals surface area contributed by atoms with Crippen LogP contribution in [0.5, 0.6) is 0 Å². The number of carbonyl (C=O) groups is 2. The maximum absolute atomic E-state index is 14.6. The summed E-state index contributed by atoms with van der Waals surface area (Å²) in [4.78, 5) is 34.9. The van der Waals surface area contributed by atoms with E-state index in [0.717, 1.165) is 103 Å². The summed E-state index contributed by atoms with van der Waals surface area (Å²) in [7, 11) is 0. The van der Waals surface area contributed by atoms with Gasteiger partial charge in [-0.3, -0.25) is 19.4 Å². The zero-order valence-corrected chi connectivity index (χ0v) is 56.1. The molecule has 12 rings (SSSR count). The molecule has 2 fully saturated rings. The van der Waals surface area contributed by atoms with Crippen molar-refractivity contribution in [2.45, 2.75) is 176 Å². The van der Waals surface area contributed by atoms with E-state index in [0.29, 0.717) is 38.5 Å². The van der Waals surface area contributed by atoms with E-state index in [-0.39, 0.29) is 24.1 Å². The van der Waals surface area contributed by atoms with E-state index < -0.39 is 22.2 Å². The lowest BCUT2D eigenvalue weighted by atomic mass is 9.66. The number of carbonyl (C=O) groups excluding carboxylic acids is 2. The quantitative estimate of drug-likeness (QED) is 0.0319. The Morgan fingerprint density at radius 2 is 0.417 bits per heavy atom. The van der Waals surface area contributed by atoms with E-state index in [9.17, 15) is 9.59 Å². The molecule has 2 saturated heterocycles. The van der Waals surface area contributed by atoms with Crippen LogP contribution in [-0.4, -0.2) is 56.1 Å². The van der Waals surface area contributed by atoms with E-state index in [1.54, 1.807) is 0 Å². The fourth-order valence-electron chi connectivity index (χ4n) is 16.8. The van der Waals surface area contributed by atoms with E-state index >= 15 is 0 Å². The number of hydrogen-bond acceptors (Lipinski definition) is 6. The van der Waals surface area contributed by atoms with Gasteiger partial charge in [0.2, 0.25) is 0 Å². The highest BCUT2D eigenvalue weighted by atomic mass is 16.5. The number of benzene rings is 10. The van der Waals surface area contributed by atoms with Crippen LogP contribution in [0.1, 0.15) is 133 Å². The van der Waals surface area contributed by atoms with Crippen molar-refractivity contribution in [3.05, 3.63) is 359 Å². The van der Waals surface area contributed by atoms with Crippen molar-refractivity contribution in [3.8, 4) is 0 Å². The molecule has 0 spiro atoms. The van der Waals surface area contributed by atoms with E-state index in [4.69, 9.17) is 9.47 Å². The van der Waals surface area contributed by atoms with Gasteiger partial charge < -0.3 is 9.47 Å².